The second-order valence-electron chi connectivity index (χ2n) is 4.67. The molecule has 0 aromatic heterocycles. The lowest BCUT2D eigenvalue weighted by Crippen LogP contribution is -2.29. The molecule has 0 amide bonds. The molecular weight excluding hydrogens is 371 g/mol. The lowest BCUT2D eigenvalue weighted by atomic mass is 10.2. The third-order valence-corrected chi connectivity index (χ3v) is 4.87. The van der Waals surface area contributed by atoms with Crippen LogP contribution in [0.3, 0.4) is 0 Å². The molecule has 0 aliphatic rings. The maximum Gasteiger partial charge on any atom is 0.232 e. The zero-order valence-corrected chi connectivity index (χ0v) is 14.0. The van der Waals surface area contributed by atoms with Gasteiger partial charge in [-0.3, -0.25) is 4.31 Å². The molecule has 0 saturated carbocycles. The van der Waals surface area contributed by atoms with Crippen molar-refractivity contribution in [2.45, 2.75) is 6.54 Å². The van der Waals surface area contributed by atoms with Crippen LogP contribution in [0.4, 0.5) is 10.1 Å². The van der Waals surface area contributed by atoms with Crippen LogP contribution in [0.1, 0.15) is 11.1 Å². The first-order valence-electron chi connectivity index (χ1n) is 6.23. The Bertz CT molecular complexity index is 847. The van der Waals surface area contributed by atoms with Crippen molar-refractivity contribution in [1.29, 1.82) is 5.26 Å². The summed E-state index contributed by atoms with van der Waals surface area (Å²) >= 11 is 3.23. The minimum absolute atomic E-state index is 0.0363. The average molecular weight is 383 g/mol. The predicted octanol–water partition coefficient (Wildman–Crippen LogP) is 3.43. The Morgan fingerprint density at radius 2 is 2.00 bits per heavy atom. The summed E-state index contributed by atoms with van der Waals surface area (Å²) < 4.78 is 38.9. The third-order valence-electron chi connectivity index (χ3n) is 2.99. The van der Waals surface area contributed by atoms with Gasteiger partial charge in [0.1, 0.15) is 5.82 Å². The molecule has 4 nitrogen and oxygen atoms in total. The van der Waals surface area contributed by atoms with E-state index in [1.165, 1.54) is 28.6 Å². The Hall–Kier alpha value is -1.91. The number of rotatable bonds is 4. The monoisotopic (exact) mass is 382 g/mol. The lowest BCUT2D eigenvalue weighted by molar-refractivity contribution is 0.596. The molecule has 0 N–H and O–H groups in total. The number of halogens is 2. The largest absolute Gasteiger partial charge is 0.266 e. The fourth-order valence-corrected chi connectivity index (χ4v) is 3.28. The number of sulfonamides is 1. The van der Waals surface area contributed by atoms with Gasteiger partial charge in [-0.05, 0) is 35.9 Å². The number of benzene rings is 2. The molecule has 22 heavy (non-hydrogen) atoms. The van der Waals surface area contributed by atoms with Gasteiger partial charge < -0.3 is 0 Å². The first-order chi connectivity index (χ1) is 10.3. The van der Waals surface area contributed by atoms with Gasteiger partial charge in [0.2, 0.25) is 10.0 Å². The smallest absolute Gasteiger partial charge is 0.232 e. The van der Waals surface area contributed by atoms with Crippen LogP contribution in [0.25, 0.3) is 0 Å². The van der Waals surface area contributed by atoms with Gasteiger partial charge in [0.15, 0.2) is 0 Å². The van der Waals surface area contributed by atoms with Crippen molar-refractivity contribution in [3.8, 4) is 6.07 Å². The summed E-state index contributed by atoms with van der Waals surface area (Å²) in [7, 11) is -3.56. The number of anilines is 1. The van der Waals surface area contributed by atoms with Crippen LogP contribution in [0.2, 0.25) is 0 Å². The van der Waals surface area contributed by atoms with Gasteiger partial charge in [-0.1, -0.05) is 28.1 Å². The topological polar surface area (TPSA) is 61.2 Å². The molecule has 0 heterocycles. The number of nitrogens with zero attached hydrogens (tertiary/aromatic N) is 2. The maximum atomic E-state index is 13.1. The van der Waals surface area contributed by atoms with Crippen LogP contribution >= 0.6 is 15.9 Å². The Kier molecular flexibility index (Phi) is 4.84. The lowest BCUT2D eigenvalue weighted by Gasteiger charge is -2.23. The van der Waals surface area contributed by atoms with Crippen molar-refractivity contribution in [2.24, 2.45) is 0 Å². The van der Waals surface area contributed by atoms with Crippen LogP contribution in [0.15, 0.2) is 46.9 Å². The second kappa shape index (κ2) is 6.46. The van der Waals surface area contributed by atoms with E-state index < -0.39 is 15.8 Å². The van der Waals surface area contributed by atoms with Gasteiger partial charge in [0, 0.05) is 4.47 Å². The van der Waals surface area contributed by atoms with Gasteiger partial charge in [-0.25, -0.2) is 12.8 Å². The van der Waals surface area contributed by atoms with Crippen LogP contribution < -0.4 is 4.31 Å². The molecule has 0 radical (unpaired) electrons. The van der Waals surface area contributed by atoms with E-state index >= 15 is 0 Å². The summed E-state index contributed by atoms with van der Waals surface area (Å²) in [6.07, 6.45) is 1.09. The normalized spacial score (nSPS) is 11.0. The molecule has 2 aromatic rings. The Morgan fingerprint density at radius 1 is 1.27 bits per heavy atom. The van der Waals surface area contributed by atoms with Gasteiger partial charge in [0.05, 0.1) is 30.1 Å². The molecule has 0 bridgehead atoms. The van der Waals surface area contributed by atoms with Crippen molar-refractivity contribution >= 4 is 31.6 Å². The number of hydrogen-bond donors (Lipinski definition) is 0. The van der Waals surface area contributed by atoms with E-state index in [4.69, 9.17) is 5.26 Å². The van der Waals surface area contributed by atoms with Crippen molar-refractivity contribution < 1.29 is 12.8 Å². The van der Waals surface area contributed by atoms with Crippen molar-refractivity contribution in [3.63, 3.8) is 0 Å². The van der Waals surface area contributed by atoms with Crippen LogP contribution in [-0.2, 0) is 16.6 Å². The summed E-state index contributed by atoms with van der Waals surface area (Å²) in [4.78, 5) is 0. The number of hydrogen-bond acceptors (Lipinski definition) is 3. The second-order valence-corrected chi connectivity index (χ2v) is 7.43. The highest BCUT2D eigenvalue weighted by Gasteiger charge is 2.19. The molecule has 0 aliphatic carbocycles. The highest BCUT2D eigenvalue weighted by Crippen LogP contribution is 2.25. The Labute approximate surface area is 137 Å². The van der Waals surface area contributed by atoms with E-state index in [9.17, 15) is 12.8 Å². The molecule has 114 valence electrons. The molecule has 0 fully saturated rings. The van der Waals surface area contributed by atoms with Gasteiger partial charge in [-0.15, -0.1) is 0 Å². The highest BCUT2D eigenvalue weighted by atomic mass is 79.9. The van der Waals surface area contributed by atoms with E-state index in [1.807, 2.05) is 6.07 Å². The number of nitriles is 1. The van der Waals surface area contributed by atoms with Crippen molar-refractivity contribution in [3.05, 3.63) is 63.9 Å². The van der Waals surface area contributed by atoms with E-state index in [0.717, 1.165) is 6.26 Å². The van der Waals surface area contributed by atoms with E-state index in [1.54, 1.807) is 18.2 Å². The first-order valence-corrected chi connectivity index (χ1v) is 8.87. The molecule has 0 atom stereocenters. The zero-order chi connectivity index (χ0) is 16.3. The fourth-order valence-electron chi connectivity index (χ4n) is 1.94. The first kappa shape index (κ1) is 16.5. The molecule has 2 aromatic carbocycles. The summed E-state index contributed by atoms with van der Waals surface area (Å²) in [6, 6.07) is 12.4. The van der Waals surface area contributed by atoms with Gasteiger partial charge >= 0.3 is 0 Å². The minimum atomic E-state index is -3.56. The SMILES string of the molecule is CS(=O)(=O)N(Cc1ccc(F)cc1Br)c1cccc(C#N)c1. The van der Waals surface area contributed by atoms with Gasteiger partial charge in [0.25, 0.3) is 0 Å². The fraction of sp³-hybridized carbons (Fsp3) is 0.133. The summed E-state index contributed by atoms with van der Waals surface area (Å²) in [5.41, 5.74) is 1.37. The summed E-state index contributed by atoms with van der Waals surface area (Å²) in [5.74, 6) is -0.409. The molecule has 2 rings (SSSR count). The molecule has 0 spiro atoms. The van der Waals surface area contributed by atoms with Crippen molar-refractivity contribution in [2.75, 3.05) is 10.6 Å². The Morgan fingerprint density at radius 3 is 2.59 bits per heavy atom. The molecule has 7 heteroatoms. The maximum absolute atomic E-state index is 13.1. The standard InChI is InChI=1S/C15H12BrFN2O2S/c1-22(20,21)19(14-4-2-3-11(7-14)9-18)10-12-5-6-13(17)8-15(12)16/h2-8H,10H2,1H3. The molecule has 0 aliphatic heterocycles. The van der Waals surface area contributed by atoms with E-state index in [-0.39, 0.29) is 6.54 Å². The quantitative estimate of drug-likeness (QED) is 0.813. The van der Waals surface area contributed by atoms with Crippen molar-refractivity contribution in [1.82, 2.24) is 0 Å². The van der Waals surface area contributed by atoms with Crippen LogP contribution in [0.5, 0.6) is 0 Å². The zero-order valence-electron chi connectivity index (χ0n) is 11.6. The van der Waals surface area contributed by atoms with Gasteiger partial charge in [-0.2, -0.15) is 5.26 Å². The molecular formula is C15H12BrFN2O2S. The predicted molar refractivity (Wildman–Crippen MR) is 86.3 cm³/mol. The van der Waals surface area contributed by atoms with Crippen LogP contribution in [-0.4, -0.2) is 14.7 Å². The van der Waals surface area contributed by atoms with Crippen LogP contribution in [0, 0.1) is 17.1 Å². The van der Waals surface area contributed by atoms with E-state index in [0.29, 0.717) is 21.3 Å². The molecule has 0 saturated heterocycles. The summed E-state index contributed by atoms with van der Waals surface area (Å²) in [5, 5.41) is 8.94. The average Bonchev–Trinajstić information content (AvgIpc) is 2.45. The van der Waals surface area contributed by atoms with E-state index in [2.05, 4.69) is 15.9 Å². The highest BCUT2D eigenvalue weighted by molar-refractivity contribution is 9.10. The minimum Gasteiger partial charge on any atom is -0.266 e. The third kappa shape index (κ3) is 3.84. The summed E-state index contributed by atoms with van der Waals surface area (Å²) in [6.45, 7) is 0.0363. The molecule has 0 unspecified atom stereocenters. The Balaban J connectivity index is 2.46.